The van der Waals surface area contributed by atoms with Gasteiger partial charge in [0.25, 0.3) is 0 Å². The van der Waals surface area contributed by atoms with Crippen molar-refractivity contribution in [3.8, 4) is 11.8 Å². The zero-order valence-electron chi connectivity index (χ0n) is 13.4. The highest BCUT2D eigenvalue weighted by Gasteiger charge is 2.81. The third-order valence-corrected chi connectivity index (χ3v) is 4.47. The minimum atomic E-state index is -0.658. The molecule has 0 aromatic carbocycles. The van der Waals surface area contributed by atoms with Gasteiger partial charge in [-0.2, -0.15) is 0 Å². The van der Waals surface area contributed by atoms with Crippen LogP contribution >= 0.6 is 0 Å². The van der Waals surface area contributed by atoms with Crippen LogP contribution in [0.3, 0.4) is 0 Å². The average molecular weight is 294 g/mol. The maximum absolute atomic E-state index is 11.2. The van der Waals surface area contributed by atoms with Gasteiger partial charge >= 0.3 is 11.9 Å². The number of hydrogen-bond acceptors (Lipinski definition) is 5. The number of carbonyl (C=O) groups is 2. The van der Waals surface area contributed by atoms with Gasteiger partial charge < -0.3 is 14.2 Å². The molecule has 2 fully saturated rings. The van der Waals surface area contributed by atoms with Crippen molar-refractivity contribution in [3.63, 3.8) is 0 Å². The Labute approximate surface area is 125 Å². The first kappa shape index (κ1) is 15.8. The number of esters is 2. The highest BCUT2D eigenvalue weighted by atomic mass is 16.6. The van der Waals surface area contributed by atoms with Crippen LogP contribution in [0.5, 0.6) is 0 Å². The van der Waals surface area contributed by atoms with Crippen LogP contribution in [0.1, 0.15) is 48.0 Å². The van der Waals surface area contributed by atoms with Crippen LogP contribution < -0.4 is 0 Å². The molecule has 0 aromatic rings. The maximum Gasteiger partial charge on any atom is 0.303 e. The van der Waals surface area contributed by atoms with E-state index in [0.717, 1.165) is 0 Å². The van der Waals surface area contributed by atoms with Crippen molar-refractivity contribution in [1.29, 1.82) is 0 Å². The molecule has 4 unspecified atom stereocenters. The second-order valence-corrected chi connectivity index (χ2v) is 6.56. The molecule has 0 spiro atoms. The predicted molar refractivity (Wildman–Crippen MR) is 75.2 cm³/mol. The van der Waals surface area contributed by atoms with Crippen molar-refractivity contribution >= 4 is 11.9 Å². The van der Waals surface area contributed by atoms with E-state index < -0.39 is 22.7 Å². The summed E-state index contributed by atoms with van der Waals surface area (Å²) in [7, 11) is 0. The molecular formula is C16H22O5. The molecule has 1 saturated carbocycles. The first-order valence-corrected chi connectivity index (χ1v) is 7.11. The van der Waals surface area contributed by atoms with E-state index in [1.54, 1.807) is 6.92 Å². The van der Waals surface area contributed by atoms with Crippen LogP contribution in [0.25, 0.3) is 0 Å². The van der Waals surface area contributed by atoms with Gasteiger partial charge in [0.05, 0.1) is 0 Å². The average Bonchev–Trinajstić information content (AvgIpc) is 2.86. The number of ether oxygens (including phenoxy) is 3. The molecule has 0 radical (unpaired) electrons. The second-order valence-electron chi connectivity index (χ2n) is 6.56. The zero-order chi connectivity index (χ0) is 16.1. The van der Waals surface area contributed by atoms with Crippen LogP contribution in [-0.2, 0) is 23.8 Å². The summed E-state index contributed by atoms with van der Waals surface area (Å²) in [6.45, 7) is 10.4. The molecule has 4 atom stereocenters. The summed E-state index contributed by atoms with van der Waals surface area (Å²) in [5, 5.41) is 0. The Balaban J connectivity index is 2.21. The van der Waals surface area contributed by atoms with Crippen molar-refractivity contribution in [2.75, 3.05) is 0 Å². The first-order chi connectivity index (χ1) is 9.54. The van der Waals surface area contributed by atoms with E-state index in [1.165, 1.54) is 13.8 Å². The van der Waals surface area contributed by atoms with E-state index >= 15 is 0 Å². The third-order valence-electron chi connectivity index (χ3n) is 4.47. The van der Waals surface area contributed by atoms with Gasteiger partial charge in [-0.05, 0) is 13.8 Å². The Kier molecular flexibility index (Phi) is 3.57. The van der Waals surface area contributed by atoms with Gasteiger partial charge in [0, 0.05) is 25.7 Å². The van der Waals surface area contributed by atoms with Crippen LogP contribution in [0.2, 0.25) is 0 Å². The fourth-order valence-corrected chi connectivity index (χ4v) is 3.34. The monoisotopic (exact) mass is 294 g/mol. The van der Waals surface area contributed by atoms with E-state index in [1.807, 2.05) is 20.8 Å². The summed E-state index contributed by atoms with van der Waals surface area (Å²) < 4.78 is 16.3. The molecule has 0 amide bonds. The molecule has 1 aliphatic carbocycles. The van der Waals surface area contributed by atoms with E-state index in [0.29, 0.717) is 6.42 Å². The van der Waals surface area contributed by atoms with Gasteiger partial charge in [0.1, 0.15) is 11.7 Å². The summed E-state index contributed by atoms with van der Waals surface area (Å²) in [6.07, 6.45) is -0.100. The molecule has 116 valence electrons. The van der Waals surface area contributed by atoms with Crippen molar-refractivity contribution in [1.82, 2.24) is 0 Å². The molecule has 0 bridgehead atoms. The molecule has 5 nitrogen and oxygen atoms in total. The highest BCUT2D eigenvalue weighted by molar-refractivity contribution is 5.67. The molecule has 1 heterocycles. The lowest BCUT2D eigenvalue weighted by molar-refractivity contribution is -0.154. The van der Waals surface area contributed by atoms with Crippen LogP contribution in [0.15, 0.2) is 0 Å². The molecule has 0 aromatic heterocycles. The zero-order valence-corrected chi connectivity index (χ0v) is 13.4. The van der Waals surface area contributed by atoms with Gasteiger partial charge in [0.2, 0.25) is 0 Å². The molecular weight excluding hydrogens is 272 g/mol. The van der Waals surface area contributed by atoms with Crippen LogP contribution in [0.4, 0.5) is 0 Å². The number of hydrogen-bond donors (Lipinski definition) is 0. The summed E-state index contributed by atoms with van der Waals surface area (Å²) in [6, 6.07) is 0. The van der Waals surface area contributed by atoms with Gasteiger partial charge in [-0.15, -0.1) is 0 Å². The number of rotatable bonds is 2. The van der Waals surface area contributed by atoms with Crippen molar-refractivity contribution < 1.29 is 23.8 Å². The fourth-order valence-electron chi connectivity index (χ4n) is 3.34. The quantitative estimate of drug-likeness (QED) is 0.441. The highest BCUT2D eigenvalue weighted by Crippen LogP contribution is 2.68. The summed E-state index contributed by atoms with van der Waals surface area (Å²) >= 11 is 0. The van der Waals surface area contributed by atoms with Crippen LogP contribution in [0, 0.1) is 17.3 Å². The lowest BCUT2D eigenvalue weighted by atomic mass is 9.77. The summed E-state index contributed by atoms with van der Waals surface area (Å²) in [5.41, 5.74) is -1.50. The van der Waals surface area contributed by atoms with E-state index in [-0.39, 0.29) is 18.0 Å². The smallest absolute Gasteiger partial charge is 0.303 e. The Morgan fingerprint density at radius 3 is 2.38 bits per heavy atom. The van der Waals surface area contributed by atoms with E-state index in [9.17, 15) is 9.59 Å². The molecule has 1 saturated heterocycles. The summed E-state index contributed by atoms with van der Waals surface area (Å²) in [5.74, 6) is 5.40. The first-order valence-electron chi connectivity index (χ1n) is 7.11. The molecule has 2 aliphatic rings. The lowest BCUT2D eigenvalue weighted by Crippen LogP contribution is -2.40. The Bertz CT molecular complexity index is 541. The van der Waals surface area contributed by atoms with Crippen molar-refractivity contribution in [2.45, 2.75) is 71.4 Å². The Morgan fingerprint density at radius 2 is 1.86 bits per heavy atom. The molecule has 5 heteroatoms. The topological polar surface area (TPSA) is 65.1 Å². The van der Waals surface area contributed by atoms with E-state index in [2.05, 4.69) is 11.8 Å². The maximum atomic E-state index is 11.2. The van der Waals surface area contributed by atoms with Gasteiger partial charge in [0.15, 0.2) is 11.7 Å². The number of epoxide rings is 1. The van der Waals surface area contributed by atoms with Gasteiger partial charge in [-0.3, -0.25) is 9.59 Å². The predicted octanol–water partition coefficient (Wildman–Crippen LogP) is 1.83. The fraction of sp³-hybridized carbons (Fsp3) is 0.750. The minimum absolute atomic E-state index is 0.230. The largest absolute Gasteiger partial charge is 0.462 e. The van der Waals surface area contributed by atoms with Gasteiger partial charge in [-0.1, -0.05) is 25.7 Å². The lowest BCUT2D eigenvalue weighted by Gasteiger charge is -2.31. The third kappa shape index (κ3) is 2.42. The van der Waals surface area contributed by atoms with Crippen LogP contribution in [-0.4, -0.2) is 35.3 Å². The Morgan fingerprint density at radius 1 is 1.24 bits per heavy atom. The van der Waals surface area contributed by atoms with Crippen molar-refractivity contribution in [3.05, 3.63) is 0 Å². The molecule has 21 heavy (non-hydrogen) atoms. The molecule has 2 rings (SSSR count). The standard InChI is InChI=1S/C16H22O5/c1-10(19-11(2)17)7-8-16-14(4,5)13(20-12(3)18)9-15(16,6)21-16/h10,13H,9H2,1-6H3. The SMILES string of the molecule is CC(=O)OC(C)C#CC12OC1(C)CC(OC(C)=O)C2(C)C. The number of carbonyl (C=O) groups excluding carboxylic acids is 2. The molecule has 1 aliphatic heterocycles. The van der Waals surface area contributed by atoms with E-state index in [4.69, 9.17) is 14.2 Å². The Hall–Kier alpha value is -1.54. The minimum Gasteiger partial charge on any atom is -0.462 e. The molecule has 0 N–H and O–H groups in total. The second kappa shape index (κ2) is 4.74. The summed E-state index contributed by atoms with van der Waals surface area (Å²) in [4.78, 5) is 22.2. The van der Waals surface area contributed by atoms with Gasteiger partial charge in [-0.25, -0.2) is 0 Å². The van der Waals surface area contributed by atoms with Crippen molar-refractivity contribution in [2.24, 2.45) is 5.41 Å². The number of fused-ring (bicyclic) bond motifs is 1. The normalized spacial score (nSPS) is 36.8.